The van der Waals surface area contributed by atoms with Crippen LogP contribution in [0, 0.1) is 0 Å². The van der Waals surface area contributed by atoms with Crippen LogP contribution in [0.4, 0.5) is 5.82 Å². The van der Waals surface area contributed by atoms with E-state index < -0.39 is 0 Å². The van der Waals surface area contributed by atoms with E-state index in [0.29, 0.717) is 5.02 Å². The van der Waals surface area contributed by atoms with E-state index in [-0.39, 0.29) is 0 Å². The van der Waals surface area contributed by atoms with E-state index in [1.807, 2.05) is 47.0 Å². The maximum Gasteiger partial charge on any atom is 0.150 e. The van der Waals surface area contributed by atoms with Gasteiger partial charge in [-0.05, 0) is 24.6 Å². The molecule has 25 heavy (non-hydrogen) atoms. The predicted octanol–water partition coefficient (Wildman–Crippen LogP) is 5.17. The third-order valence-corrected chi connectivity index (χ3v) is 4.44. The molecule has 2 aromatic heterocycles. The van der Waals surface area contributed by atoms with E-state index in [1.54, 1.807) is 6.33 Å². The van der Waals surface area contributed by atoms with Crippen molar-refractivity contribution in [2.75, 3.05) is 11.9 Å². The number of nitrogens with one attached hydrogen (secondary N) is 1. The number of hydrogen-bond donors (Lipinski definition) is 1. The molecule has 4 nitrogen and oxygen atoms in total. The van der Waals surface area contributed by atoms with Crippen LogP contribution in [-0.2, 0) is 0 Å². The van der Waals surface area contributed by atoms with Crippen molar-refractivity contribution in [3.63, 3.8) is 0 Å². The van der Waals surface area contributed by atoms with E-state index >= 15 is 0 Å². The molecule has 4 aromatic rings. The Bertz CT molecular complexity index is 1020. The molecule has 0 amide bonds. The average molecular weight is 349 g/mol. The standard InChI is InChI=1S/C20H17ClN4/c1-2-22-19-18-15(14-8-4-3-5-9-14)12-25(20(18)24-13-23-19)17-11-7-6-10-16(17)21/h3-13H,2H2,1H3,(H,22,23,24). The van der Waals surface area contributed by atoms with Crippen molar-refractivity contribution < 1.29 is 0 Å². The predicted molar refractivity (Wildman–Crippen MR) is 103 cm³/mol. The number of aromatic nitrogens is 3. The summed E-state index contributed by atoms with van der Waals surface area (Å²) in [6.45, 7) is 2.85. The van der Waals surface area contributed by atoms with Crippen LogP contribution in [0.5, 0.6) is 0 Å². The number of fused-ring (bicyclic) bond motifs is 1. The fourth-order valence-electron chi connectivity index (χ4n) is 3.03. The first-order valence-corrected chi connectivity index (χ1v) is 8.57. The largest absolute Gasteiger partial charge is 0.370 e. The first-order chi connectivity index (χ1) is 12.3. The van der Waals surface area contributed by atoms with Crippen LogP contribution in [-0.4, -0.2) is 21.1 Å². The number of halogens is 1. The van der Waals surface area contributed by atoms with Crippen LogP contribution in [0.15, 0.2) is 67.1 Å². The van der Waals surface area contributed by atoms with Crippen LogP contribution in [0.3, 0.4) is 0 Å². The van der Waals surface area contributed by atoms with Gasteiger partial charge in [0.15, 0.2) is 5.65 Å². The van der Waals surface area contributed by atoms with Crippen molar-refractivity contribution in [1.29, 1.82) is 0 Å². The molecule has 4 rings (SSSR count). The number of para-hydroxylation sites is 1. The molecule has 0 aliphatic rings. The number of hydrogen-bond acceptors (Lipinski definition) is 3. The lowest BCUT2D eigenvalue weighted by atomic mass is 10.1. The van der Waals surface area contributed by atoms with Gasteiger partial charge in [-0.1, -0.05) is 54.1 Å². The Morgan fingerprint density at radius 1 is 1.00 bits per heavy atom. The number of nitrogens with zero attached hydrogens (tertiary/aromatic N) is 3. The van der Waals surface area contributed by atoms with Gasteiger partial charge >= 0.3 is 0 Å². The van der Waals surface area contributed by atoms with E-state index in [4.69, 9.17) is 11.6 Å². The molecule has 0 bridgehead atoms. The highest BCUT2D eigenvalue weighted by Crippen LogP contribution is 2.36. The third kappa shape index (κ3) is 2.75. The second kappa shape index (κ2) is 6.57. The molecular weight excluding hydrogens is 332 g/mol. The molecule has 0 atom stereocenters. The van der Waals surface area contributed by atoms with Gasteiger partial charge in [0.25, 0.3) is 0 Å². The zero-order chi connectivity index (χ0) is 17.2. The van der Waals surface area contributed by atoms with Crippen molar-refractivity contribution in [3.8, 4) is 16.8 Å². The topological polar surface area (TPSA) is 42.7 Å². The lowest BCUT2D eigenvalue weighted by Crippen LogP contribution is -2.01. The van der Waals surface area contributed by atoms with Crippen LogP contribution in [0.2, 0.25) is 5.02 Å². The molecule has 0 saturated carbocycles. The summed E-state index contributed by atoms with van der Waals surface area (Å²) in [5, 5.41) is 5.02. The van der Waals surface area contributed by atoms with Crippen molar-refractivity contribution in [3.05, 3.63) is 72.1 Å². The van der Waals surface area contributed by atoms with Crippen molar-refractivity contribution >= 4 is 28.5 Å². The Kier molecular flexibility index (Phi) is 4.12. The van der Waals surface area contributed by atoms with Gasteiger partial charge in [0.1, 0.15) is 12.1 Å². The Hall–Kier alpha value is -2.85. The van der Waals surface area contributed by atoms with Gasteiger partial charge < -0.3 is 5.32 Å². The lowest BCUT2D eigenvalue weighted by Gasteiger charge is -2.08. The first kappa shape index (κ1) is 15.7. The monoisotopic (exact) mass is 348 g/mol. The van der Waals surface area contributed by atoms with Gasteiger partial charge in [-0.2, -0.15) is 0 Å². The molecule has 2 heterocycles. The van der Waals surface area contributed by atoms with Gasteiger partial charge in [0, 0.05) is 18.3 Å². The minimum absolute atomic E-state index is 0.683. The minimum Gasteiger partial charge on any atom is -0.370 e. The third-order valence-electron chi connectivity index (χ3n) is 4.12. The number of benzene rings is 2. The molecule has 5 heteroatoms. The zero-order valence-corrected chi connectivity index (χ0v) is 14.5. The summed E-state index contributed by atoms with van der Waals surface area (Å²) in [5.74, 6) is 0.831. The molecular formula is C20H17ClN4. The van der Waals surface area contributed by atoms with Crippen LogP contribution >= 0.6 is 11.6 Å². The molecule has 0 aliphatic carbocycles. The smallest absolute Gasteiger partial charge is 0.150 e. The maximum absolute atomic E-state index is 6.44. The zero-order valence-electron chi connectivity index (χ0n) is 13.8. The Labute approximate surface area is 151 Å². The summed E-state index contributed by atoms with van der Waals surface area (Å²) < 4.78 is 2.03. The minimum atomic E-state index is 0.683. The summed E-state index contributed by atoms with van der Waals surface area (Å²) in [4.78, 5) is 8.98. The van der Waals surface area contributed by atoms with Crippen LogP contribution in [0.25, 0.3) is 27.8 Å². The highest BCUT2D eigenvalue weighted by Gasteiger charge is 2.17. The van der Waals surface area contributed by atoms with Crippen LogP contribution in [0.1, 0.15) is 6.92 Å². The van der Waals surface area contributed by atoms with E-state index in [0.717, 1.165) is 40.2 Å². The average Bonchev–Trinajstić information content (AvgIpc) is 3.04. The SMILES string of the molecule is CCNc1ncnc2c1c(-c1ccccc1)cn2-c1ccccc1Cl. The first-order valence-electron chi connectivity index (χ1n) is 8.20. The normalized spacial score (nSPS) is 11.0. The number of anilines is 1. The molecule has 0 aliphatic heterocycles. The summed E-state index contributed by atoms with van der Waals surface area (Å²) >= 11 is 6.44. The molecule has 2 aromatic carbocycles. The highest BCUT2D eigenvalue weighted by molar-refractivity contribution is 6.32. The molecule has 0 spiro atoms. The van der Waals surface area contributed by atoms with Crippen LogP contribution < -0.4 is 5.32 Å². The van der Waals surface area contributed by atoms with Gasteiger partial charge in [-0.15, -0.1) is 0 Å². The Morgan fingerprint density at radius 3 is 2.52 bits per heavy atom. The van der Waals surface area contributed by atoms with Crippen molar-refractivity contribution in [2.45, 2.75) is 6.92 Å². The van der Waals surface area contributed by atoms with Crippen molar-refractivity contribution in [1.82, 2.24) is 14.5 Å². The molecule has 0 saturated heterocycles. The Balaban J connectivity index is 2.06. The second-order valence-corrected chi connectivity index (χ2v) is 6.09. The maximum atomic E-state index is 6.44. The van der Waals surface area contributed by atoms with E-state index in [2.05, 4.69) is 40.5 Å². The summed E-state index contributed by atoms with van der Waals surface area (Å²) in [5.41, 5.74) is 3.93. The van der Waals surface area contributed by atoms with Gasteiger partial charge in [-0.3, -0.25) is 4.57 Å². The molecule has 0 fully saturated rings. The fraction of sp³-hybridized carbons (Fsp3) is 0.100. The van der Waals surface area contributed by atoms with Gasteiger partial charge in [0.05, 0.1) is 16.1 Å². The van der Waals surface area contributed by atoms with Crippen molar-refractivity contribution in [2.24, 2.45) is 0 Å². The summed E-state index contributed by atoms with van der Waals surface area (Å²) in [6.07, 6.45) is 3.67. The molecule has 0 unspecified atom stereocenters. The van der Waals surface area contributed by atoms with Gasteiger partial charge in [0.2, 0.25) is 0 Å². The summed E-state index contributed by atoms with van der Waals surface area (Å²) in [6, 6.07) is 18.0. The number of rotatable bonds is 4. The van der Waals surface area contributed by atoms with Gasteiger partial charge in [-0.25, -0.2) is 9.97 Å². The fourth-order valence-corrected chi connectivity index (χ4v) is 3.26. The highest BCUT2D eigenvalue weighted by atomic mass is 35.5. The van der Waals surface area contributed by atoms with E-state index in [9.17, 15) is 0 Å². The quantitative estimate of drug-likeness (QED) is 0.553. The molecule has 1 N–H and O–H groups in total. The Morgan fingerprint density at radius 2 is 1.76 bits per heavy atom. The lowest BCUT2D eigenvalue weighted by molar-refractivity contribution is 1.07. The second-order valence-electron chi connectivity index (χ2n) is 5.68. The summed E-state index contributed by atoms with van der Waals surface area (Å²) in [7, 11) is 0. The molecule has 0 radical (unpaired) electrons. The molecule has 124 valence electrons. The van der Waals surface area contributed by atoms with E-state index in [1.165, 1.54) is 0 Å².